The van der Waals surface area contributed by atoms with Gasteiger partial charge in [0.1, 0.15) is 8.07 Å². The van der Waals surface area contributed by atoms with E-state index in [1.54, 1.807) is 11.3 Å². The summed E-state index contributed by atoms with van der Waals surface area (Å²) >= 11 is 3.56. The molecule has 0 saturated heterocycles. The monoisotopic (exact) mass is 1300 g/mol. The van der Waals surface area contributed by atoms with Crippen LogP contribution in [0.5, 0.6) is 0 Å². The molecule has 15 aromatic rings. The van der Waals surface area contributed by atoms with Gasteiger partial charge in [-0.05, 0) is 202 Å². The topological polar surface area (TPSA) is 74.8 Å². The van der Waals surface area contributed by atoms with Crippen molar-refractivity contribution in [3.63, 3.8) is 0 Å². The molecule has 3 aliphatic rings. The standard InChI is InChI=1S/C88H58N2O4S2Si/c1-51-45-70-81-63(85(91)89(87(70)93)59-46-65(53-23-11-5-12-24-53)78(57-31-19-9-20-32-57)66(47-59)54-25-13-6-14-26-54)39-37-62-80-69(72-41-42-74(96-72)76-44-43-75(97(76,3)4)73-40-35-52(2)95-73)50-71-82-64(38-36-61(84(80)82)77(51)83(62)81)86(92)90(88(71)94)60-48-67(55-27-15-7-16-28-55)79(58-33-21-10-22-34-58)68(49-60)56-29-17-8-18-30-56/h5-50H,1-4H3. The lowest BCUT2D eigenvalue weighted by Gasteiger charge is -2.32. The number of rotatable bonds is 11. The van der Waals surface area contributed by atoms with Crippen molar-refractivity contribution in [1.82, 2.24) is 0 Å². The molecule has 13 aromatic carbocycles. The van der Waals surface area contributed by atoms with E-state index in [0.29, 0.717) is 44.4 Å². The van der Waals surface area contributed by atoms with Crippen molar-refractivity contribution in [2.24, 2.45) is 0 Å². The Balaban J connectivity index is 0.862. The highest BCUT2D eigenvalue weighted by atomic mass is 32.1. The number of nitrogens with zero attached hydrogens (tertiary/aromatic N) is 2. The zero-order valence-electron chi connectivity index (χ0n) is 53.4. The summed E-state index contributed by atoms with van der Waals surface area (Å²) in [6.07, 6.45) is 4.63. The first-order chi connectivity index (χ1) is 47.4. The Kier molecular flexibility index (Phi) is 13.4. The number of carbonyl (C=O) groups is 4. The number of allylic oxidation sites excluding steroid dienone is 2. The molecule has 5 heterocycles. The maximum absolute atomic E-state index is 16.4. The number of benzene rings is 13. The number of imide groups is 2. The zero-order valence-corrected chi connectivity index (χ0v) is 56.0. The molecule has 0 unspecified atom stereocenters. The number of thiophene rings is 2. The van der Waals surface area contributed by atoms with Crippen LogP contribution in [0.15, 0.2) is 279 Å². The number of aryl methyl sites for hydroxylation is 2. The van der Waals surface area contributed by atoms with Crippen molar-refractivity contribution >= 4 is 119 Å². The van der Waals surface area contributed by atoms with Gasteiger partial charge < -0.3 is 0 Å². The minimum absolute atomic E-state index is 0.407. The molecule has 2 aromatic heterocycles. The molecule has 97 heavy (non-hydrogen) atoms. The maximum atomic E-state index is 16.4. The first kappa shape index (κ1) is 58.1. The van der Waals surface area contributed by atoms with Gasteiger partial charge in [-0.2, -0.15) is 0 Å². The van der Waals surface area contributed by atoms with E-state index in [1.807, 2.05) is 188 Å². The van der Waals surface area contributed by atoms with Gasteiger partial charge in [-0.3, -0.25) is 19.2 Å². The van der Waals surface area contributed by atoms with E-state index in [4.69, 9.17) is 0 Å². The fraction of sp³-hybridized carbons (Fsp3) is 0.0455. The highest BCUT2D eigenvalue weighted by Gasteiger charge is 2.42. The number of carbonyl (C=O) groups excluding carboxylic acids is 4. The summed E-state index contributed by atoms with van der Waals surface area (Å²) in [5, 5.41) is 8.84. The average Bonchev–Trinajstić information content (AvgIpc) is 0.768. The van der Waals surface area contributed by atoms with Crippen molar-refractivity contribution in [2.75, 3.05) is 9.80 Å². The lowest BCUT2D eigenvalue weighted by atomic mass is 9.79. The quantitative estimate of drug-likeness (QED) is 0.0560. The smallest absolute Gasteiger partial charge is 0.266 e. The van der Waals surface area contributed by atoms with E-state index in [1.165, 1.54) is 29.9 Å². The molecule has 0 aliphatic carbocycles. The van der Waals surface area contributed by atoms with Crippen LogP contribution in [0.2, 0.25) is 13.1 Å². The van der Waals surface area contributed by atoms with Crippen LogP contribution in [0, 0.1) is 13.8 Å². The van der Waals surface area contributed by atoms with E-state index in [2.05, 4.69) is 129 Å². The minimum Gasteiger partial charge on any atom is -0.268 e. The lowest BCUT2D eigenvalue weighted by molar-refractivity contribution is 0.0877. The second-order valence-electron chi connectivity index (χ2n) is 26.1. The molecule has 4 amide bonds. The third-order valence-corrected chi connectivity index (χ3v) is 26.3. The summed E-state index contributed by atoms with van der Waals surface area (Å²) in [5.74, 6) is -1.70. The Hall–Kier alpha value is -11.5. The predicted octanol–water partition coefficient (Wildman–Crippen LogP) is 23.0. The fourth-order valence-corrected chi connectivity index (χ4v) is 22.1. The van der Waals surface area contributed by atoms with Crippen LogP contribution in [-0.4, -0.2) is 31.7 Å². The molecular formula is C88H58N2O4S2Si. The SMILES string of the molecule is Cc1ccc(C2=CC=C(c3ccc(-c4cc5c6c(ccc7c8c(C)cc9c%10c(ccc(c4c67)c%108)C(=O)N(c4cc(-c6ccccc6)c(-c6ccccc6)c(-c6ccccc6)c4)C9=O)C(=O)N(c4cc(-c6ccccc6)c(-c6ccccc6)c(-c6ccccc6)c4)C5=O)s3)[Si]2(C)C)s1. The van der Waals surface area contributed by atoms with Crippen LogP contribution in [-0.2, 0) is 0 Å². The Morgan fingerprint density at radius 1 is 0.289 bits per heavy atom. The first-order valence-corrected chi connectivity index (χ1v) is 37.3. The molecular weight excluding hydrogens is 1240 g/mol. The van der Waals surface area contributed by atoms with Crippen molar-refractivity contribution in [2.45, 2.75) is 26.9 Å². The summed E-state index contributed by atoms with van der Waals surface area (Å²) in [5.41, 5.74) is 15.5. The van der Waals surface area contributed by atoms with Crippen molar-refractivity contribution in [1.29, 1.82) is 0 Å². The molecule has 18 rings (SSSR count). The Labute approximate surface area is 570 Å². The van der Waals surface area contributed by atoms with Gasteiger partial charge in [-0.25, -0.2) is 9.80 Å². The summed E-state index contributed by atoms with van der Waals surface area (Å²) in [6, 6.07) is 90.0. The summed E-state index contributed by atoms with van der Waals surface area (Å²) in [6.45, 7) is 9.05. The molecule has 0 N–H and O–H groups in total. The third-order valence-electron chi connectivity index (χ3n) is 20.2. The largest absolute Gasteiger partial charge is 0.268 e. The number of hydrogen-bond acceptors (Lipinski definition) is 6. The fourth-order valence-electron chi connectivity index (χ4n) is 15.8. The van der Waals surface area contributed by atoms with Crippen molar-refractivity contribution < 1.29 is 19.2 Å². The molecule has 0 bridgehead atoms. The van der Waals surface area contributed by atoms with Crippen LogP contribution in [0.25, 0.3) is 131 Å². The molecule has 9 heteroatoms. The Bertz CT molecular complexity index is 5810. The van der Waals surface area contributed by atoms with Crippen molar-refractivity contribution in [3.8, 4) is 77.2 Å². The van der Waals surface area contributed by atoms with Gasteiger partial charge in [0.25, 0.3) is 23.6 Å². The van der Waals surface area contributed by atoms with Crippen LogP contribution < -0.4 is 9.80 Å². The molecule has 0 atom stereocenters. The molecule has 0 saturated carbocycles. The van der Waals surface area contributed by atoms with Gasteiger partial charge >= 0.3 is 0 Å². The van der Waals surface area contributed by atoms with E-state index >= 15 is 19.2 Å². The summed E-state index contributed by atoms with van der Waals surface area (Å²) < 4.78 is 0. The molecule has 0 fully saturated rings. The van der Waals surface area contributed by atoms with Crippen molar-refractivity contribution in [3.05, 3.63) is 322 Å². The lowest BCUT2D eigenvalue weighted by Crippen LogP contribution is -2.41. The van der Waals surface area contributed by atoms with Crippen LogP contribution >= 0.6 is 22.7 Å². The van der Waals surface area contributed by atoms with Gasteiger partial charge in [-0.1, -0.05) is 219 Å². The van der Waals surface area contributed by atoms with Gasteiger partial charge in [0.2, 0.25) is 0 Å². The molecule has 3 aliphatic heterocycles. The van der Waals surface area contributed by atoms with Crippen LogP contribution in [0.1, 0.15) is 61.6 Å². The van der Waals surface area contributed by atoms with Gasteiger partial charge in [0.15, 0.2) is 0 Å². The number of hydrogen-bond donors (Lipinski definition) is 0. The number of anilines is 2. The van der Waals surface area contributed by atoms with Crippen LogP contribution in [0.3, 0.4) is 0 Å². The number of amides is 4. The number of fused-ring (bicyclic) bond motifs is 2. The molecule has 0 radical (unpaired) electrons. The second kappa shape index (κ2) is 22.3. The van der Waals surface area contributed by atoms with E-state index in [-0.39, 0.29) is 0 Å². The molecule has 460 valence electrons. The highest BCUT2D eigenvalue weighted by Crippen LogP contribution is 2.55. The van der Waals surface area contributed by atoms with E-state index in [0.717, 1.165) is 120 Å². The van der Waals surface area contributed by atoms with Gasteiger partial charge in [0, 0.05) is 58.1 Å². The minimum atomic E-state index is -2.21. The molecule has 6 nitrogen and oxygen atoms in total. The Morgan fingerprint density at radius 2 is 0.639 bits per heavy atom. The van der Waals surface area contributed by atoms with Gasteiger partial charge in [-0.15, -0.1) is 22.7 Å². The first-order valence-electron chi connectivity index (χ1n) is 32.7. The summed E-state index contributed by atoms with van der Waals surface area (Å²) in [4.78, 5) is 72.0. The highest BCUT2D eigenvalue weighted by molar-refractivity contribution is 7.23. The maximum Gasteiger partial charge on any atom is 0.266 e. The van der Waals surface area contributed by atoms with E-state index in [9.17, 15) is 0 Å². The Morgan fingerprint density at radius 3 is 1.05 bits per heavy atom. The van der Waals surface area contributed by atoms with E-state index < -0.39 is 31.7 Å². The molecule has 0 spiro atoms. The predicted molar refractivity (Wildman–Crippen MR) is 406 cm³/mol. The average molecular weight is 1300 g/mol. The third kappa shape index (κ3) is 8.96. The second-order valence-corrected chi connectivity index (χ2v) is 32.8. The van der Waals surface area contributed by atoms with Gasteiger partial charge in [0.05, 0.1) is 11.4 Å². The normalized spacial score (nSPS) is 14.2. The summed E-state index contributed by atoms with van der Waals surface area (Å²) in [7, 11) is -2.21. The van der Waals surface area contributed by atoms with Crippen LogP contribution in [0.4, 0.5) is 11.4 Å². The zero-order chi connectivity index (χ0) is 65.5.